The van der Waals surface area contributed by atoms with Crippen LogP contribution in [0.3, 0.4) is 0 Å². The van der Waals surface area contributed by atoms with Crippen LogP contribution in [0, 0.1) is 0 Å². The molecule has 132 valence electrons. The monoisotopic (exact) mass is 333 g/mol. The number of ether oxygens (including phenoxy) is 1. The molecule has 1 unspecified atom stereocenters. The number of rotatable bonds is 7. The van der Waals surface area contributed by atoms with Gasteiger partial charge in [-0.05, 0) is 37.1 Å². The second-order valence-corrected chi connectivity index (χ2v) is 5.94. The zero-order chi connectivity index (χ0) is 17.4. The van der Waals surface area contributed by atoms with E-state index in [-0.39, 0.29) is 17.9 Å². The van der Waals surface area contributed by atoms with Gasteiger partial charge in [-0.25, -0.2) is 0 Å². The Morgan fingerprint density at radius 3 is 2.42 bits per heavy atom. The van der Waals surface area contributed by atoms with Gasteiger partial charge in [-0.3, -0.25) is 9.59 Å². The normalized spacial score (nSPS) is 17.3. The van der Waals surface area contributed by atoms with E-state index in [0.29, 0.717) is 31.0 Å². The predicted molar refractivity (Wildman–Crippen MR) is 94.2 cm³/mol. The van der Waals surface area contributed by atoms with Gasteiger partial charge in [-0.2, -0.15) is 0 Å². The SMILES string of the molecule is CCCN(CCC)C(=O)c1ccc(NC(=O)C2COCCN2)cc1. The molecule has 1 saturated heterocycles. The minimum absolute atomic E-state index is 0.0407. The lowest BCUT2D eigenvalue weighted by Gasteiger charge is -2.23. The predicted octanol–water partition coefficient (Wildman–Crippen LogP) is 1.88. The average Bonchev–Trinajstić information content (AvgIpc) is 2.62. The summed E-state index contributed by atoms with van der Waals surface area (Å²) in [6.45, 7) is 7.35. The van der Waals surface area contributed by atoms with Crippen molar-refractivity contribution in [2.75, 3.05) is 38.2 Å². The number of benzene rings is 1. The molecule has 2 amide bonds. The second-order valence-electron chi connectivity index (χ2n) is 5.94. The molecule has 24 heavy (non-hydrogen) atoms. The van der Waals surface area contributed by atoms with Gasteiger partial charge in [0.15, 0.2) is 0 Å². The van der Waals surface area contributed by atoms with Crippen molar-refractivity contribution in [3.63, 3.8) is 0 Å². The van der Waals surface area contributed by atoms with Crippen LogP contribution in [-0.4, -0.2) is 55.6 Å². The molecule has 1 aliphatic heterocycles. The van der Waals surface area contributed by atoms with E-state index in [9.17, 15) is 9.59 Å². The summed E-state index contributed by atoms with van der Waals surface area (Å²) < 4.78 is 5.29. The second kappa shape index (κ2) is 9.39. The van der Waals surface area contributed by atoms with Crippen LogP contribution in [0.15, 0.2) is 24.3 Å². The van der Waals surface area contributed by atoms with Crippen molar-refractivity contribution in [1.82, 2.24) is 10.2 Å². The first-order valence-corrected chi connectivity index (χ1v) is 8.67. The number of amides is 2. The maximum Gasteiger partial charge on any atom is 0.253 e. The molecule has 0 radical (unpaired) electrons. The van der Waals surface area contributed by atoms with Crippen LogP contribution >= 0.6 is 0 Å². The van der Waals surface area contributed by atoms with Crippen LogP contribution in [0.1, 0.15) is 37.0 Å². The number of carbonyl (C=O) groups is 2. The summed E-state index contributed by atoms with van der Waals surface area (Å²) in [5.41, 5.74) is 1.33. The smallest absolute Gasteiger partial charge is 0.253 e. The standard InChI is InChI=1S/C18H27N3O3/c1-3-10-21(11-4-2)18(23)14-5-7-15(8-6-14)20-17(22)16-13-24-12-9-19-16/h5-8,16,19H,3-4,9-13H2,1-2H3,(H,20,22). The summed E-state index contributed by atoms with van der Waals surface area (Å²) >= 11 is 0. The van der Waals surface area contributed by atoms with Crippen molar-refractivity contribution in [3.8, 4) is 0 Å². The number of hydrogen-bond donors (Lipinski definition) is 2. The molecule has 0 aromatic heterocycles. The first-order chi connectivity index (χ1) is 11.7. The number of nitrogens with zero attached hydrogens (tertiary/aromatic N) is 1. The summed E-state index contributed by atoms with van der Waals surface area (Å²) in [6, 6.07) is 6.74. The molecule has 6 nitrogen and oxygen atoms in total. The molecule has 1 aromatic rings. The third kappa shape index (κ3) is 5.04. The highest BCUT2D eigenvalue weighted by Gasteiger charge is 2.21. The third-order valence-corrected chi connectivity index (χ3v) is 3.91. The quantitative estimate of drug-likeness (QED) is 0.799. The van der Waals surface area contributed by atoms with Gasteiger partial charge in [0.25, 0.3) is 5.91 Å². The Morgan fingerprint density at radius 1 is 1.21 bits per heavy atom. The van der Waals surface area contributed by atoms with E-state index in [1.807, 2.05) is 4.90 Å². The van der Waals surface area contributed by atoms with E-state index in [1.165, 1.54) is 0 Å². The fraction of sp³-hybridized carbons (Fsp3) is 0.556. The number of nitrogens with one attached hydrogen (secondary N) is 2. The lowest BCUT2D eigenvalue weighted by atomic mass is 10.1. The molecular formula is C18H27N3O3. The van der Waals surface area contributed by atoms with Crippen LogP contribution in [0.2, 0.25) is 0 Å². The number of anilines is 1. The Hall–Kier alpha value is -1.92. The van der Waals surface area contributed by atoms with Crippen molar-refractivity contribution >= 4 is 17.5 Å². The van der Waals surface area contributed by atoms with E-state index in [2.05, 4.69) is 24.5 Å². The summed E-state index contributed by atoms with van der Waals surface area (Å²) in [7, 11) is 0. The van der Waals surface area contributed by atoms with E-state index in [0.717, 1.165) is 25.9 Å². The van der Waals surface area contributed by atoms with Gasteiger partial charge in [0.1, 0.15) is 6.04 Å². The maximum absolute atomic E-state index is 12.5. The molecule has 2 rings (SSSR count). The van der Waals surface area contributed by atoms with Crippen LogP contribution in [0.4, 0.5) is 5.69 Å². The molecule has 2 N–H and O–H groups in total. The third-order valence-electron chi connectivity index (χ3n) is 3.91. The van der Waals surface area contributed by atoms with Crippen LogP contribution in [0.5, 0.6) is 0 Å². The van der Waals surface area contributed by atoms with Crippen molar-refractivity contribution in [1.29, 1.82) is 0 Å². The fourth-order valence-corrected chi connectivity index (χ4v) is 2.70. The van der Waals surface area contributed by atoms with Gasteiger partial charge in [0.05, 0.1) is 13.2 Å². The Bertz CT molecular complexity index is 533. The molecule has 6 heteroatoms. The van der Waals surface area contributed by atoms with Crippen LogP contribution in [-0.2, 0) is 9.53 Å². The van der Waals surface area contributed by atoms with Crippen molar-refractivity contribution in [2.45, 2.75) is 32.7 Å². The highest BCUT2D eigenvalue weighted by molar-refractivity contribution is 5.97. The first-order valence-electron chi connectivity index (χ1n) is 8.67. The van der Waals surface area contributed by atoms with Gasteiger partial charge in [0, 0.05) is 30.9 Å². The van der Waals surface area contributed by atoms with E-state index >= 15 is 0 Å². The zero-order valence-electron chi connectivity index (χ0n) is 14.5. The maximum atomic E-state index is 12.5. The highest BCUT2D eigenvalue weighted by Crippen LogP contribution is 2.13. The van der Waals surface area contributed by atoms with Crippen molar-refractivity contribution < 1.29 is 14.3 Å². The van der Waals surface area contributed by atoms with Crippen LogP contribution < -0.4 is 10.6 Å². The molecule has 1 atom stereocenters. The van der Waals surface area contributed by atoms with Crippen molar-refractivity contribution in [3.05, 3.63) is 29.8 Å². The molecule has 0 saturated carbocycles. The Balaban J connectivity index is 1.96. The largest absolute Gasteiger partial charge is 0.378 e. The molecule has 1 fully saturated rings. The minimum Gasteiger partial charge on any atom is -0.378 e. The van der Waals surface area contributed by atoms with Crippen LogP contribution in [0.25, 0.3) is 0 Å². The summed E-state index contributed by atoms with van der Waals surface area (Å²) in [4.78, 5) is 26.5. The summed E-state index contributed by atoms with van der Waals surface area (Å²) in [5.74, 6) is -0.0775. The van der Waals surface area contributed by atoms with Gasteiger partial charge in [-0.1, -0.05) is 13.8 Å². The summed E-state index contributed by atoms with van der Waals surface area (Å²) in [5, 5.41) is 5.96. The molecule has 1 aromatic carbocycles. The van der Waals surface area contributed by atoms with Crippen molar-refractivity contribution in [2.24, 2.45) is 0 Å². The molecule has 0 aliphatic carbocycles. The molecular weight excluding hydrogens is 306 g/mol. The molecule has 0 spiro atoms. The molecule has 1 heterocycles. The number of carbonyl (C=O) groups excluding carboxylic acids is 2. The molecule has 0 bridgehead atoms. The number of hydrogen-bond acceptors (Lipinski definition) is 4. The fourth-order valence-electron chi connectivity index (χ4n) is 2.70. The van der Waals surface area contributed by atoms with E-state index < -0.39 is 0 Å². The van der Waals surface area contributed by atoms with E-state index in [1.54, 1.807) is 24.3 Å². The Morgan fingerprint density at radius 2 is 1.88 bits per heavy atom. The topological polar surface area (TPSA) is 70.7 Å². The van der Waals surface area contributed by atoms with Gasteiger partial charge >= 0.3 is 0 Å². The minimum atomic E-state index is -0.329. The molecule has 1 aliphatic rings. The van der Waals surface area contributed by atoms with Gasteiger partial charge in [0.2, 0.25) is 5.91 Å². The lowest BCUT2D eigenvalue weighted by Crippen LogP contribution is -2.48. The van der Waals surface area contributed by atoms with E-state index in [4.69, 9.17) is 4.74 Å². The first kappa shape index (κ1) is 18.4. The zero-order valence-corrected chi connectivity index (χ0v) is 14.5. The van der Waals surface area contributed by atoms with Gasteiger partial charge < -0.3 is 20.3 Å². The number of morpholine rings is 1. The lowest BCUT2D eigenvalue weighted by molar-refractivity contribution is -0.120. The Kier molecular flexibility index (Phi) is 7.21. The average molecular weight is 333 g/mol. The van der Waals surface area contributed by atoms with Gasteiger partial charge in [-0.15, -0.1) is 0 Å². The highest BCUT2D eigenvalue weighted by atomic mass is 16.5. The Labute approximate surface area is 143 Å². The summed E-state index contributed by atoms with van der Waals surface area (Å²) in [6.07, 6.45) is 1.88.